The molecule has 0 heterocycles. The van der Waals surface area contributed by atoms with E-state index in [4.69, 9.17) is 0 Å². The Morgan fingerprint density at radius 1 is 1.11 bits per heavy atom. The molecule has 1 aromatic rings. The van der Waals surface area contributed by atoms with Crippen LogP contribution < -0.4 is 5.32 Å². The number of nitrogens with one attached hydrogen (secondary N) is 1. The van der Waals surface area contributed by atoms with Gasteiger partial charge >= 0.3 is 0 Å². The molecule has 1 aromatic carbocycles. The van der Waals surface area contributed by atoms with E-state index in [2.05, 4.69) is 43.4 Å². The molecule has 0 aromatic heterocycles. The summed E-state index contributed by atoms with van der Waals surface area (Å²) in [5.41, 5.74) is 3.20. The highest BCUT2D eigenvalue weighted by Crippen LogP contribution is 2.34. The summed E-state index contributed by atoms with van der Waals surface area (Å²) in [6.45, 7) is 6.01. The van der Waals surface area contributed by atoms with E-state index in [-0.39, 0.29) is 0 Å². The Balaban J connectivity index is 1.62. The Labute approximate surface area is 117 Å². The maximum atomic E-state index is 3.87. The van der Waals surface area contributed by atoms with Crippen molar-refractivity contribution in [1.82, 2.24) is 5.32 Å². The Morgan fingerprint density at radius 3 is 2.74 bits per heavy atom. The summed E-state index contributed by atoms with van der Waals surface area (Å²) >= 11 is 0. The van der Waals surface area contributed by atoms with E-state index in [0.717, 1.165) is 23.8 Å². The predicted octanol–water partition coefficient (Wildman–Crippen LogP) is 4.13. The topological polar surface area (TPSA) is 12.0 Å². The highest BCUT2D eigenvalue weighted by Gasteiger charge is 2.30. The van der Waals surface area contributed by atoms with Gasteiger partial charge in [0, 0.05) is 12.6 Å². The third-order valence-electron chi connectivity index (χ3n) is 5.59. The normalized spacial score (nSPS) is 34.2. The SMILES string of the molecule is CC1CCC(NCC2CCCc3ccccc32)C1C. The molecule has 0 saturated heterocycles. The Morgan fingerprint density at radius 2 is 1.95 bits per heavy atom. The number of hydrogen-bond acceptors (Lipinski definition) is 1. The molecule has 1 fully saturated rings. The Kier molecular flexibility index (Phi) is 3.93. The fraction of sp³-hybridized carbons (Fsp3) is 0.667. The van der Waals surface area contributed by atoms with Crippen LogP contribution in [-0.2, 0) is 6.42 Å². The van der Waals surface area contributed by atoms with E-state index in [1.807, 2.05) is 0 Å². The van der Waals surface area contributed by atoms with Gasteiger partial charge in [-0.15, -0.1) is 0 Å². The van der Waals surface area contributed by atoms with E-state index >= 15 is 0 Å². The van der Waals surface area contributed by atoms with Crippen molar-refractivity contribution < 1.29 is 0 Å². The largest absolute Gasteiger partial charge is 0.313 e. The van der Waals surface area contributed by atoms with Crippen molar-refractivity contribution in [3.63, 3.8) is 0 Å². The summed E-state index contributed by atoms with van der Waals surface area (Å²) in [5, 5.41) is 3.87. The van der Waals surface area contributed by atoms with E-state index in [1.54, 1.807) is 11.1 Å². The first-order chi connectivity index (χ1) is 9.25. The highest BCUT2D eigenvalue weighted by molar-refractivity contribution is 5.32. The molecule has 1 saturated carbocycles. The zero-order valence-electron chi connectivity index (χ0n) is 12.4. The molecular weight excluding hydrogens is 230 g/mol. The average molecular weight is 257 g/mol. The monoisotopic (exact) mass is 257 g/mol. The van der Waals surface area contributed by atoms with Crippen molar-refractivity contribution in [3.05, 3.63) is 35.4 Å². The number of rotatable bonds is 3. The summed E-state index contributed by atoms with van der Waals surface area (Å²) in [5.74, 6) is 2.49. The summed E-state index contributed by atoms with van der Waals surface area (Å²) < 4.78 is 0. The van der Waals surface area contributed by atoms with Gasteiger partial charge in [-0.3, -0.25) is 0 Å². The third kappa shape index (κ3) is 2.72. The van der Waals surface area contributed by atoms with E-state index in [1.165, 1.54) is 38.6 Å². The summed E-state index contributed by atoms with van der Waals surface area (Å²) in [7, 11) is 0. The van der Waals surface area contributed by atoms with Gasteiger partial charge in [0.1, 0.15) is 0 Å². The van der Waals surface area contributed by atoms with Gasteiger partial charge in [-0.2, -0.15) is 0 Å². The minimum Gasteiger partial charge on any atom is -0.313 e. The van der Waals surface area contributed by atoms with Gasteiger partial charge in [-0.05, 0) is 61.0 Å². The fourth-order valence-electron chi connectivity index (χ4n) is 4.01. The minimum absolute atomic E-state index is 0.744. The number of benzene rings is 1. The Bertz CT molecular complexity index is 425. The van der Waals surface area contributed by atoms with Gasteiger partial charge in [0.25, 0.3) is 0 Å². The maximum Gasteiger partial charge on any atom is 0.00955 e. The summed E-state index contributed by atoms with van der Waals surface area (Å²) in [4.78, 5) is 0. The van der Waals surface area contributed by atoms with Crippen LogP contribution >= 0.6 is 0 Å². The zero-order chi connectivity index (χ0) is 13.2. The molecule has 0 spiro atoms. The fourth-order valence-corrected chi connectivity index (χ4v) is 4.01. The smallest absolute Gasteiger partial charge is 0.00955 e. The maximum absolute atomic E-state index is 3.87. The lowest BCUT2D eigenvalue weighted by atomic mass is 9.82. The predicted molar refractivity (Wildman–Crippen MR) is 81.5 cm³/mol. The first-order valence-electron chi connectivity index (χ1n) is 8.07. The van der Waals surface area contributed by atoms with Crippen molar-refractivity contribution in [2.45, 2.75) is 57.9 Å². The molecule has 19 heavy (non-hydrogen) atoms. The van der Waals surface area contributed by atoms with Crippen molar-refractivity contribution in [3.8, 4) is 0 Å². The molecule has 1 heteroatoms. The molecule has 0 bridgehead atoms. The van der Waals surface area contributed by atoms with Gasteiger partial charge in [0.15, 0.2) is 0 Å². The van der Waals surface area contributed by atoms with Crippen molar-refractivity contribution >= 4 is 0 Å². The Hall–Kier alpha value is -0.820. The van der Waals surface area contributed by atoms with Gasteiger partial charge < -0.3 is 5.32 Å². The van der Waals surface area contributed by atoms with Crippen LogP contribution in [0.15, 0.2) is 24.3 Å². The van der Waals surface area contributed by atoms with Gasteiger partial charge in [-0.1, -0.05) is 38.1 Å². The molecule has 4 unspecified atom stereocenters. The molecule has 3 rings (SSSR count). The van der Waals surface area contributed by atoms with Crippen LogP contribution in [0.1, 0.15) is 56.6 Å². The average Bonchev–Trinajstić information content (AvgIpc) is 2.76. The van der Waals surface area contributed by atoms with E-state index in [0.29, 0.717) is 0 Å². The van der Waals surface area contributed by atoms with Crippen LogP contribution in [0.25, 0.3) is 0 Å². The van der Waals surface area contributed by atoms with Crippen LogP contribution in [0, 0.1) is 11.8 Å². The molecular formula is C18H27N. The van der Waals surface area contributed by atoms with Crippen LogP contribution in [0.2, 0.25) is 0 Å². The van der Waals surface area contributed by atoms with Gasteiger partial charge in [-0.25, -0.2) is 0 Å². The summed E-state index contributed by atoms with van der Waals surface area (Å²) in [6, 6.07) is 9.82. The van der Waals surface area contributed by atoms with Gasteiger partial charge in [0.05, 0.1) is 0 Å². The minimum atomic E-state index is 0.744. The second-order valence-electron chi connectivity index (χ2n) is 6.72. The van der Waals surface area contributed by atoms with E-state index in [9.17, 15) is 0 Å². The van der Waals surface area contributed by atoms with Crippen molar-refractivity contribution in [2.75, 3.05) is 6.54 Å². The highest BCUT2D eigenvalue weighted by atomic mass is 14.9. The van der Waals surface area contributed by atoms with Crippen molar-refractivity contribution in [1.29, 1.82) is 0 Å². The molecule has 0 radical (unpaired) electrons. The molecule has 1 N–H and O–H groups in total. The molecule has 4 atom stereocenters. The van der Waals surface area contributed by atoms with Gasteiger partial charge in [0.2, 0.25) is 0 Å². The molecule has 2 aliphatic carbocycles. The van der Waals surface area contributed by atoms with Crippen LogP contribution in [0.5, 0.6) is 0 Å². The molecule has 1 nitrogen and oxygen atoms in total. The molecule has 0 amide bonds. The van der Waals surface area contributed by atoms with Crippen LogP contribution in [-0.4, -0.2) is 12.6 Å². The van der Waals surface area contributed by atoms with Crippen molar-refractivity contribution in [2.24, 2.45) is 11.8 Å². The van der Waals surface area contributed by atoms with E-state index < -0.39 is 0 Å². The molecule has 2 aliphatic rings. The zero-order valence-corrected chi connectivity index (χ0v) is 12.4. The third-order valence-corrected chi connectivity index (χ3v) is 5.59. The van der Waals surface area contributed by atoms with Crippen LogP contribution in [0.4, 0.5) is 0 Å². The number of aryl methyl sites for hydroxylation is 1. The summed E-state index contributed by atoms with van der Waals surface area (Å²) in [6.07, 6.45) is 6.78. The second kappa shape index (κ2) is 5.66. The second-order valence-corrected chi connectivity index (χ2v) is 6.72. The van der Waals surface area contributed by atoms with Crippen LogP contribution in [0.3, 0.4) is 0 Å². The standard InChI is InChI=1S/C18H27N/c1-13-10-11-18(14(13)2)19-12-16-8-5-7-15-6-3-4-9-17(15)16/h3-4,6,9,13-14,16,18-19H,5,7-8,10-12H2,1-2H3. The number of fused-ring (bicyclic) bond motifs is 1. The quantitative estimate of drug-likeness (QED) is 0.858. The molecule has 0 aliphatic heterocycles. The first-order valence-corrected chi connectivity index (χ1v) is 8.07. The lowest BCUT2D eigenvalue weighted by molar-refractivity contribution is 0.356. The lowest BCUT2D eigenvalue weighted by Crippen LogP contribution is -2.36. The first kappa shape index (κ1) is 13.2. The number of hydrogen-bond donors (Lipinski definition) is 1. The molecule has 104 valence electrons. The lowest BCUT2D eigenvalue weighted by Gasteiger charge is -2.28.